The molecule has 0 unspecified atom stereocenters. The van der Waals surface area contributed by atoms with Crippen LogP contribution in [0.25, 0.3) is 0 Å². The summed E-state index contributed by atoms with van der Waals surface area (Å²) in [6, 6.07) is 4.47. The van der Waals surface area contributed by atoms with E-state index in [1.807, 2.05) is 0 Å². The summed E-state index contributed by atoms with van der Waals surface area (Å²) >= 11 is 11.6. The molecule has 0 bridgehead atoms. The Kier molecular flexibility index (Phi) is 4.26. The number of benzene rings is 1. The molecule has 0 fully saturated rings. The van der Waals surface area contributed by atoms with Gasteiger partial charge in [0.25, 0.3) is 5.91 Å². The van der Waals surface area contributed by atoms with Gasteiger partial charge in [-0.25, -0.2) is 0 Å². The number of anilines is 1. The van der Waals surface area contributed by atoms with Crippen LogP contribution in [0.1, 0.15) is 10.4 Å². The Labute approximate surface area is 123 Å². The van der Waals surface area contributed by atoms with E-state index in [0.29, 0.717) is 21.3 Å². The maximum absolute atomic E-state index is 12.0. The monoisotopic (exact) mass is 313 g/mol. The zero-order chi connectivity index (χ0) is 14.7. The van der Waals surface area contributed by atoms with Crippen molar-refractivity contribution < 1.29 is 14.7 Å². The molecule has 2 N–H and O–H groups in total. The number of nitrogens with one attached hydrogen (secondary N) is 1. The van der Waals surface area contributed by atoms with Crippen molar-refractivity contribution in [3.63, 3.8) is 0 Å². The maximum Gasteiger partial charge on any atom is 0.325 e. The first-order chi connectivity index (χ1) is 9.44. The Morgan fingerprint density at radius 3 is 2.50 bits per heavy atom. The van der Waals surface area contributed by atoms with Crippen molar-refractivity contribution in [2.45, 2.75) is 6.54 Å². The predicted octanol–water partition coefficient (Wildman–Crippen LogP) is 2.53. The number of hydrogen-bond donors (Lipinski definition) is 2. The van der Waals surface area contributed by atoms with Crippen molar-refractivity contribution in [2.75, 3.05) is 5.32 Å². The van der Waals surface area contributed by atoms with Crippen molar-refractivity contribution in [1.82, 2.24) is 9.78 Å². The number of hydrogen-bond acceptors (Lipinski definition) is 3. The van der Waals surface area contributed by atoms with Gasteiger partial charge in [0.05, 0.1) is 11.9 Å². The fraction of sp³-hybridized carbons (Fsp3) is 0.0833. The van der Waals surface area contributed by atoms with Crippen LogP contribution >= 0.6 is 23.2 Å². The number of rotatable bonds is 4. The third-order valence-corrected chi connectivity index (χ3v) is 2.75. The second-order valence-corrected chi connectivity index (χ2v) is 4.81. The molecule has 1 heterocycles. The number of carbonyl (C=O) groups excluding carboxylic acids is 1. The lowest BCUT2D eigenvalue weighted by atomic mass is 10.2. The van der Waals surface area contributed by atoms with Crippen LogP contribution in [0, 0.1) is 0 Å². The van der Waals surface area contributed by atoms with Gasteiger partial charge in [-0.3, -0.25) is 14.3 Å². The van der Waals surface area contributed by atoms with Crippen molar-refractivity contribution in [3.05, 3.63) is 46.2 Å². The average molecular weight is 314 g/mol. The Bertz CT molecular complexity index is 649. The quantitative estimate of drug-likeness (QED) is 0.908. The van der Waals surface area contributed by atoms with Crippen molar-refractivity contribution in [3.8, 4) is 0 Å². The smallest absolute Gasteiger partial charge is 0.325 e. The highest BCUT2D eigenvalue weighted by Crippen LogP contribution is 2.20. The highest BCUT2D eigenvalue weighted by atomic mass is 35.5. The molecule has 6 nitrogen and oxygen atoms in total. The van der Waals surface area contributed by atoms with Crippen LogP contribution in [-0.4, -0.2) is 26.8 Å². The van der Waals surface area contributed by atoms with Gasteiger partial charge in [-0.05, 0) is 18.2 Å². The molecule has 0 aliphatic heterocycles. The zero-order valence-electron chi connectivity index (χ0n) is 10.0. The van der Waals surface area contributed by atoms with E-state index in [4.69, 9.17) is 28.3 Å². The normalized spacial score (nSPS) is 10.3. The Balaban J connectivity index is 2.11. The summed E-state index contributed by atoms with van der Waals surface area (Å²) in [5.41, 5.74) is 0.681. The van der Waals surface area contributed by atoms with Crippen LogP contribution in [0.2, 0.25) is 10.0 Å². The SMILES string of the molecule is O=C(O)Cn1cc(NC(=O)c2cc(Cl)cc(Cl)c2)cn1. The molecule has 104 valence electrons. The van der Waals surface area contributed by atoms with Crippen LogP contribution in [0.5, 0.6) is 0 Å². The van der Waals surface area contributed by atoms with Gasteiger partial charge in [0, 0.05) is 21.8 Å². The van der Waals surface area contributed by atoms with Gasteiger partial charge in [-0.15, -0.1) is 0 Å². The van der Waals surface area contributed by atoms with Gasteiger partial charge in [0.1, 0.15) is 6.54 Å². The number of carboxylic acid groups (broad SMARTS) is 1. The molecule has 1 aromatic carbocycles. The van der Waals surface area contributed by atoms with Crippen LogP contribution in [0.4, 0.5) is 5.69 Å². The minimum absolute atomic E-state index is 0.279. The first-order valence-electron chi connectivity index (χ1n) is 5.46. The van der Waals surface area contributed by atoms with Crippen molar-refractivity contribution in [1.29, 1.82) is 0 Å². The first-order valence-corrected chi connectivity index (χ1v) is 6.21. The van der Waals surface area contributed by atoms with Gasteiger partial charge in [-0.2, -0.15) is 5.10 Å². The van der Waals surface area contributed by atoms with Crippen LogP contribution in [0.15, 0.2) is 30.6 Å². The van der Waals surface area contributed by atoms with E-state index in [0.717, 1.165) is 0 Å². The number of carboxylic acids is 1. The number of halogens is 2. The highest BCUT2D eigenvalue weighted by Gasteiger charge is 2.10. The van der Waals surface area contributed by atoms with E-state index in [1.54, 1.807) is 0 Å². The molecule has 20 heavy (non-hydrogen) atoms. The minimum Gasteiger partial charge on any atom is -0.480 e. The summed E-state index contributed by atoms with van der Waals surface area (Å²) in [7, 11) is 0. The molecular weight excluding hydrogens is 305 g/mol. The molecular formula is C12H9Cl2N3O3. The van der Waals surface area contributed by atoms with Crippen LogP contribution < -0.4 is 5.32 Å². The topological polar surface area (TPSA) is 84.2 Å². The van der Waals surface area contributed by atoms with Gasteiger partial charge in [0.15, 0.2) is 0 Å². The van der Waals surface area contributed by atoms with Gasteiger partial charge >= 0.3 is 5.97 Å². The molecule has 0 saturated carbocycles. The third kappa shape index (κ3) is 3.72. The first kappa shape index (κ1) is 14.4. The molecule has 1 amide bonds. The summed E-state index contributed by atoms with van der Waals surface area (Å²) in [6.07, 6.45) is 2.77. The number of amides is 1. The third-order valence-electron chi connectivity index (χ3n) is 2.31. The van der Waals surface area contributed by atoms with E-state index in [1.165, 1.54) is 35.3 Å². The summed E-state index contributed by atoms with van der Waals surface area (Å²) in [6.45, 7) is -0.279. The Hall–Kier alpha value is -2.05. The van der Waals surface area contributed by atoms with Gasteiger partial charge in [-0.1, -0.05) is 23.2 Å². The molecule has 0 aliphatic rings. The van der Waals surface area contributed by atoms with Gasteiger partial charge < -0.3 is 10.4 Å². The lowest BCUT2D eigenvalue weighted by Gasteiger charge is -2.03. The molecule has 0 atom stereocenters. The highest BCUT2D eigenvalue weighted by molar-refractivity contribution is 6.35. The van der Waals surface area contributed by atoms with Gasteiger partial charge in [0.2, 0.25) is 0 Å². The molecule has 2 rings (SSSR count). The van der Waals surface area contributed by atoms with E-state index in [9.17, 15) is 9.59 Å². The average Bonchev–Trinajstić information content (AvgIpc) is 2.74. The Morgan fingerprint density at radius 2 is 1.90 bits per heavy atom. The summed E-state index contributed by atoms with van der Waals surface area (Å²) in [5, 5.41) is 15.7. The molecule has 0 aliphatic carbocycles. The fourth-order valence-electron chi connectivity index (χ4n) is 1.54. The second kappa shape index (κ2) is 5.94. The van der Waals surface area contributed by atoms with Crippen molar-refractivity contribution >= 4 is 40.8 Å². The molecule has 0 spiro atoms. The summed E-state index contributed by atoms with van der Waals surface area (Å²) in [4.78, 5) is 22.5. The molecule has 1 aromatic heterocycles. The standard InChI is InChI=1S/C12H9Cl2N3O3/c13-8-1-7(2-9(14)3-8)12(20)16-10-4-15-17(5-10)6-11(18)19/h1-5H,6H2,(H,16,20)(H,18,19). The fourth-order valence-corrected chi connectivity index (χ4v) is 2.07. The van der Waals surface area contributed by atoms with Crippen molar-refractivity contribution in [2.24, 2.45) is 0 Å². The largest absolute Gasteiger partial charge is 0.480 e. The van der Waals surface area contributed by atoms with Crippen LogP contribution in [-0.2, 0) is 11.3 Å². The lowest BCUT2D eigenvalue weighted by Crippen LogP contribution is -2.12. The van der Waals surface area contributed by atoms with E-state index in [2.05, 4.69) is 10.4 Å². The lowest BCUT2D eigenvalue weighted by molar-refractivity contribution is -0.137. The maximum atomic E-state index is 12.0. The number of carbonyl (C=O) groups is 2. The summed E-state index contributed by atoms with van der Waals surface area (Å²) < 4.78 is 1.20. The van der Waals surface area contributed by atoms with Crippen LogP contribution in [0.3, 0.4) is 0 Å². The Morgan fingerprint density at radius 1 is 1.25 bits per heavy atom. The molecule has 0 radical (unpaired) electrons. The van der Waals surface area contributed by atoms with E-state index >= 15 is 0 Å². The predicted molar refractivity (Wildman–Crippen MR) is 74.3 cm³/mol. The second-order valence-electron chi connectivity index (χ2n) is 3.93. The number of aliphatic carboxylic acids is 1. The van der Waals surface area contributed by atoms with E-state index < -0.39 is 11.9 Å². The molecule has 8 heteroatoms. The number of aromatic nitrogens is 2. The minimum atomic E-state index is -1.02. The number of nitrogens with zero attached hydrogens (tertiary/aromatic N) is 2. The summed E-state index contributed by atoms with van der Waals surface area (Å²) in [5.74, 6) is -1.43. The molecule has 2 aromatic rings. The zero-order valence-corrected chi connectivity index (χ0v) is 11.5. The van der Waals surface area contributed by atoms with E-state index in [-0.39, 0.29) is 6.54 Å². The molecule has 0 saturated heterocycles.